The van der Waals surface area contributed by atoms with Crippen LogP contribution in [-0.4, -0.2) is 14.2 Å². The zero-order valence-corrected chi connectivity index (χ0v) is 14.9. The maximum atomic E-state index is 6.14. The molecule has 1 unspecified atom stereocenters. The fourth-order valence-electron chi connectivity index (χ4n) is 3.73. The second kappa shape index (κ2) is 6.62. The van der Waals surface area contributed by atoms with Crippen molar-refractivity contribution in [1.29, 1.82) is 0 Å². The lowest BCUT2D eigenvalue weighted by Crippen LogP contribution is -2.47. The maximum Gasteiger partial charge on any atom is 0.599 e. The van der Waals surface area contributed by atoms with Gasteiger partial charge in [0.05, 0.1) is 5.72 Å². The van der Waals surface area contributed by atoms with Gasteiger partial charge in [-0.1, -0.05) is 61.5 Å². The van der Waals surface area contributed by atoms with Gasteiger partial charge in [0.25, 0.3) is 0 Å². The molecule has 5 rings (SSSR count). The van der Waals surface area contributed by atoms with Gasteiger partial charge in [0.1, 0.15) is 23.0 Å². The average molecular weight is 356 g/mol. The molecule has 0 radical (unpaired) electrons. The molecule has 0 saturated heterocycles. The first-order valence-corrected chi connectivity index (χ1v) is 9.19. The van der Waals surface area contributed by atoms with E-state index in [1.165, 1.54) is 5.56 Å². The van der Waals surface area contributed by atoms with E-state index in [9.17, 15) is 0 Å². The highest BCUT2D eigenvalue weighted by Gasteiger charge is 2.56. The topological polar surface area (TPSA) is 36.9 Å². The number of hydrogen-bond donors (Lipinski definition) is 0. The zero-order chi connectivity index (χ0) is 18.2. The van der Waals surface area contributed by atoms with Crippen LogP contribution in [0.3, 0.4) is 0 Å². The molecule has 0 fully saturated rings. The highest BCUT2D eigenvalue weighted by atomic mass is 16.7. The van der Waals surface area contributed by atoms with Crippen molar-refractivity contribution in [3.05, 3.63) is 84.4 Å². The molecule has 0 amide bonds. The van der Waals surface area contributed by atoms with Crippen LogP contribution < -0.4 is 18.6 Å². The van der Waals surface area contributed by atoms with Gasteiger partial charge in [0.15, 0.2) is 0 Å². The molecule has 2 heterocycles. The highest BCUT2D eigenvalue weighted by molar-refractivity contribution is 6.70. The highest BCUT2D eigenvalue weighted by Crippen LogP contribution is 2.45. The molecule has 0 spiro atoms. The molecule has 3 aromatic carbocycles. The van der Waals surface area contributed by atoms with E-state index in [1.54, 1.807) is 0 Å². The minimum atomic E-state index is -0.489. The summed E-state index contributed by atoms with van der Waals surface area (Å²) in [5, 5.41) is 0. The third-order valence-electron chi connectivity index (χ3n) is 5.20. The fraction of sp³-hybridized carbons (Fsp3) is 0.143. The van der Waals surface area contributed by atoms with Gasteiger partial charge < -0.3 is 18.6 Å². The minimum absolute atomic E-state index is 0.102. The molecule has 4 nitrogen and oxygen atoms in total. The Bertz CT molecular complexity index is 844. The number of benzene rings is 3. The number of para-hydroxylation sites is 4. The summed E-state index contributed by atoms with van der Waals surface area (Å²) in [4.78, 5) is 0. The first-order valence-electron chi connectivity index (χ1n) is 9.19. The first kappa shape index (κ1) is 16.2. The second-order valence-corrected chi connectivity index (χ2v) is 6.88. The summed E-state index contributed by atoms with van der Waals surface area (Å²) in [5.74, 6) is 3.11. The quantitative estimate of drug-likeness (QED) is 0.640. The van der Waals surface area contributed by atoms with Crippen LogP contribution in [0.25, 0.3) is 0 Å². The van der Waals surface area contributed by atoms with E-state index < -0.39 is 14.2 Å². The Balaban J connectivity index is 1.47. The smallest absolute Gasteiger partial charge is 0.523 e. The number of fused-ring (bicyclic) bond motifs is 2. The van der Waals surface area contributed by atoms with Crippen molar-refractivity contribution in [2.24, 2.45) is 0 Å². The second-order valence-electron chi connectivity index (χ2n) is 6.88. The largest absolute Gasteiger partial charge is 0.599 e. The molecule has 1 atom stereocenters. The SMILES string of the molecule is CC(c1ccccc1)C(B1Oc2ccccc2O1)B1Oc2ccccc2O1. The Morgan fingerprint density at radius 1 is 0.556 bits per heavy atom. The van der Waals surface area contributed by atoms with E-state index in [4.69, 9.17) is 18.6 Å². The number of hydrogen-bond acceptors (Lipinski definition) is 4. The van der Waals surface area contributed by atoms with Crippen LogP contribution in [0.15, 0.2) is 78.9 Å². The summed E-state index contributed by atoms with van der Waals surface area (Å²) in [6, 6.07) is 25.8. The molecule has 0 bridgehead atoms. The van der Waals surface area contributed by atoms with Crippen molar-refractivity contribution in [3.8, 4) is 23.0 Å². The van der Waals surface area contributed by atoms with Crippen molar-refractivity contribution >= 4 is 14.2 Å². The Labute approximate surface area is 159 Å². The molecule has 0 aliphatic carbocycles. The summed E-state index contributed by atoms with van der Waals surface area (Å²) in [5.41, 5.74) is 1.03. The molecule has 132 valence electrons. The lowest BCUT2D eigenvalue weighted by atomic mass is 9.46. The van der Waals surface area contributed by atoms with Crippen molar-refractivity contribution in [2.75, 3.05) is 0 Å². The van der Waals surface area contributed by atoms with E-state index >= 15 is 0 Å². The van der Waals surface area contributed by atoms with Crippen LogP contribution in [0.5, 0.6) is 23.0 Å². The Kier molecular flexibility index (Phi) is 3.97. The van der Waals surface area contributed by atoms with E-state index in [-0.39, 0.29) is 11.6 Å². The van der Waals surface area contributed by atoms with Crippen molar-refractivity contribution in [1.82, 2.24) is 0 Å². The van der Waals surface area contributed by atoms with Gasteiger partial charge in [0.2, 0.25) is 0 Å². The predicted octanol–water partition coefficient (Wildman–Crippen LogP) is 4.62. The van der Waals surface area contributed by atoms with Crippen LogP contribution in [0.4, 0.5) is 0 Å². The summed E-state index contributed by atoms with van der Waals surface area (Å²) < 4.78 is 24.6. The van der Waals surface area contributed by atoms with Gasteiger partial charge in [-0.2, -0.15) is 0 Å². The summed E-state index contributed by atoms with van der Waals surface area (Å²) in [7, 11) is -0.978. The first-order chi connectivity index (χ1) is 13.3. The molecule has 2 aliphatic rings. The Hall–Kier alpha value is -3.01. The van der Waals surface area contributed by atoms with Crippen LogP contribution in [0.1, 0.15) is 18.4 Å². The molecule has 2 aliphatic heterocycles. The van der Waals surface area contributed by atoms with Crippen LogP contribution in [-0.2, 0) is 0 Å². The van der Waals surface area contributed by atoms with Gasteiger partial charge in [-0.05, 0) is 35.7 Å². The number of rotatable bonds is 4. The Morgan fingerprint density at radius 3 is 1.33 bits per heavy atom. The van der Waals surface area contributed by atoms with E-state index in [0.717, 1.165) is 23.0 Å². The summed E-state index contributed by atoms with van der Waals surface area (Å²) in [6.45, 7) is 2.16. The van der Waals surface area contributed by atoms with Gasteiger partial charge >= 0.3 is 14.2 Å². The molecular formula is C21H18B2O4. The predicted molar refractivity (Wildman–Crippen MR) is 106 cm³/mol. The summed E-state index contributed by atoms with van der Waals surface area (Å²) in [6.07, 6.45) is 0. The molecule has 0 N–H and O–H groups in total. The molecule has 6 heteroatoms. The molecule has 27 heavy (non-hydrogen) atoms. The lowest BCUT2D eigenvalue weighted by Gasteiger charge is -2.25. The standard InChI is InChI=1S/C21H18B2O4/c1-15(16-9-3-2-4-10-16)21(22-24-17-11-5-6-12-18(17)25-22)23-26-19-13-7-8-14-20(19)27-23/h2-15,21H,1H3. The van der Waals surface area contributed by atoms with Gasteiger partial charge in [0, 0.05) is 0 Å². The third kappa shape index (κ3) is 2.91. The molecule has 0 aromatic heterocycles. The van der Waals surface area contributed by atoms with Crippen LogP contribution in [0, 0.1) is 0 Å². The molecular weight excluding hydrogens is 338 g/mol. The van der Waals surface area contributed by atoms with E-state index in [0.29, 0.717) is 0 Å². The molecule has 0 saturated carbocycles. The van der Waals surface area contributed by atoms with Gasteiger partial charge in [-0.25, -0.2) is 0 Å². The lowest BCUT2D eigenvalue weighted by molar-refractivity contribution is 0.431. The van der Waals surface area contributed by atoms with E-state index in [1.807, 2.05) is 66.7 Å². The monoisotopic (exact) mass is 356 g/mol. The van der Waals surface area contributed by atoms with Crippen molar-refractivity contribution in [3.63, 3.8) is 0 Å². The summed E-state index contributed by atoms with van der Waals surface area (Å²) >= 11 is 0. The normalized spacial score (nSPS) is 15.3. The van der Waals surface area contributed by atoms with E-state index in [2.05, 4.69) is 19.1 Å². The Morgan fingerprint density at radius 2 is 0.926 bits per heavy atom. The van der Waals surface area contributed by atoms with Gasteiger partial charge in [-0.3, -0.25) is 0 Å². The van der Waals surface area contributed by atoms with Gasteiger partial charge in [-0.15, -0.1) is 0 Å². The zero-order valence-electron chi connectivity index (χ0n) is 14.9. The maximum absolute atomic E-state index is 6.14. The third-order valence-corrected chi connectivity index (χ3v) is 5.20. The fourth-order valence-corrected chi connectivity index (χ4v) is 3.73. The average Bonchev–Trinajstić information content (AvgIpc) is 3.32. The van der Waals surface area contributed by atoms with Crippen molar-refractivity contribution < 1.29 is 18.6 Å². The molecule has 3 aromatic rings. The van der Waals surface area contributed by atoms with Crippen LogP contribution >= 0.6 is 0 Å². The minimum Gasteiger partial charge on any atom is -0.523 e. The van der Waals surface area contributed by atoms with Crippen LogP contribution in [0.2, 0.25) is 5.72 Å². The van der Waals surface area contributed by atoms with Crippen molar-refractivity contribution in [2.45, 2.75) is 18.6 Å².